The number of pyridine rings is 1. The molecule has 1 heterocycles. The van der Waals surface area contributed by atoms with Crippen molar-refractivity contribution in [1.82, 2.24) is 4.98 Å². The van der Waals surface area contributed by atoms with Crippen molar-refractivity contribution in [2.24, 2.45) is 0 Å². The molecule has 0 radical (unpaired) electrons. The number of hydrogen-bond acceptors (Lipinski definition) is 5. The Kier molecular flexibility index (Phi) is 6.49. The van der Waals surface area contributed by atoms with Gasteiger partial charge in [-0.2, -0.15) is 0 Å². The van der Waals surface area contributed by atoms with Gasteiger partial charge < -0.3 is 5.32 Å². The van der Waals surface area contributed by atoms with Crippen molar-refractivity contribution in [3.63, 3.8) is 0 Å². The van der Waals surface area contributed by atoms with Gasteiger partial charge in [0.15, 0.2) is 5.03 Å². The van der Waals surface area contributed by atoms with Gasteiger partial charge in [0.25, 0.3) is 0 Å². The number of hydrogen-bond donors (Lipinski definition) is 1. The molecule has 0 aromatic carbocycles. The molecule has 0 saturated carbocycles. The first-order valence-electron chi connectivity index (χ1n) is 6.21. The van der Waals surface area contributed by atoms with E-state index in [1.54, 1.807) is 6.07 Å². The molecule has 0 aliphatic rings. The summed E-state index contributed by atoms with van der Waals surface area (Å²) in [6, 6.07) is 3.17. The van der Waals surface area contributed by atoms with Crippen LogP contribution in [0.2, 0.25) is 0 Å². The van der Waals surface area contributed by atoms with Crippen LogP contribution in [0.15, 0.2) is 17.2 Å². The highest BCUT2D eigenvalue weighted by atomic mass is 32.2. The van der Waals surface area contributed by atoms with Crippen molar-refractivity contribution >= 4 is 23.3 Å². The third kappa shape index (κ3) is 4.52. The lowest BCUT2D eigenvalue weighted by atomic mass is 10.3. The average molecular weight is 269 g/mol. The Bertz CT molecular complexity index is 399. The van der Waals surface area contributed by atoms with Crippen LogP contribution in [0.1, 0.15) is 33.1 Å². The molecule has 0 spiro atoms. The molecule has 1 aromatic heterocycles. The van der Waals surface area contributed by atoms with Crippen molar-refractivity contribution in [3.8, 4) is 0 Å². The van der Waals surface area contributed by atoms with Crippen molar-refractivity contribution in [3.05, 3.63) is 22.2 Å². The fourth-order valence-corrected chi connectivity index (χ4v) is 2.47. The van der Waals surface area contributed by atoms with E-state index in [0.717, 1.165) is 31.6 Å². The molecular weight excluding hydrogens is 250 g/mol. The minimum absolute atomic E-state index is 0.0955. The second kappa shape index (κ2) is 7.92. The molecule has 0 unspecified atom stereocenters. The zero-order chi connectivity index (χ0) is 13.4. The summed E-state index contributed by atoms with van der Waals surface area (Å²) in [4.78, 5) is 14.8. The first kappa shape index (κ1) is 14.8. The van der Waals surface area contributed by atoms with E-state index in [-0.39, 0.29) is 10.6 Å². The Morgan fingerprint density at radius 2 is 2.17 bits per heavy atom. The van der Waals surface area contributed by atoms with Gasteiger partial charge in [0, 0.05) is 12.6 Å². The maximum Gasteiger partial charge on any atom is 0.301 e. The van der Waals surface area contributed by atoms with Gasteiger partial charge in [0.05, 0.1) is 4.92 Å². The molecule has 6 heteroatoms. The number of nitrogens with one attached hydrogen (secondary N) is 1. The minimum atomic E-state index is -0.370. The summed E-state index contributed by atoms with van der Waals surface area (Å²) in [6.45, 7) is 4.86. The predicted octanol–water partition coefficient (Wildman–Crippen LogP) is 3.70. The smallest absolute Gasteiger partial charge is 0.301 e. The summed E-state index contributed by atoms with van der Waals surface area (Å²) in [7, 11) is 0. The van der Waals surface area contributed by atoms with Gasteiger partial charge in [-0.25, -0.2) is 4.98 Å². The molecule has 0 bridgehead atoms. The van der Waals surface area contributed by atoms with Crippen LogP contribution in [-0.2, 0) is 0 Å². The summed E-state index contributed by atoms with van der Waals surface area (Å²) in [5, 5.41) is 14.5. The number of unbranched alkanes of at least 4 members (excludes halogenated alkanes) is 2. The highest BCUT2D eigenvalue weighted by Crippen LogP contribution is 2.29. The largest absolute Gasteiger partial charge is 0.370 e. The maximum atomic E-state index is 10.9. The normalized spacial score (nSPS) is 10.3. The van der Waals surface area contributed by atoms with Gasteiger partial charge in [-0.3, -0.25) is 10.1 Å². The number of nitro groups is 1. The Morgan fingerprint density at radius 3 is 2.78 bits per heavy atom. The molecule has 18 heavy (non-hydrogen) atoms. The van der Waals surface area contributed by atoms with Crippen LogP contribution >= 0.6 is 11.8 Å². The molecular formula is C12H19N3O2S. The van der Waals surface area contributed by atoms with E-state index in [9.17, 15) is 10.1 Å². The molecule has 1 aromatic rings. The van der Waals surface area contributed by atoms with Gasteiger partial charge in [0.2, 0.25) is 0 Å². The van der Waals surface area contributed by atoms with Crippen LogP contribution < -0.4 is 5.32 Å². The Labute approximate surface area is 112 Å². The van der Waals surface area contributed by atoms with E-state index in [1.807, 2.05) is 6.92 Å². The molecule has 1 N–H and O–H groups in total. The van der Waals surface area contributed by atoms with Crippen molar-refractivity contribution in [1.29, 1.82) is 0 Å². The number of aromatic nitrogens is 1. The summed E-state index contributed by atoms with van der Waals surface area (Å²) in [5.41, 5.74) is 0.0955. The van der Waals surface area contributed by atoms with Crippen LogP contribution in [-0.4, -0.2) is 22.2 Å². The lowest BCUT2D eigenvalue weighted by Gasteiger charge is -2.06. The summed E-state index contributed by atoms with van der Waals surface area (Å²) in [5.74, 6) is 1.57. The van der Waals surface area contributed by atoms with Gasteiger partial charge in [-0.1, -0.05) is 31.5 Å². The van der Waals surface area contributed by atoms with E-state index in [4.69, 9.17) is 0 Å². The van der Waals surface area contributed by atoms with E-state index in [0.29, 0.717) is 10.8 Å². The van der Waals surface area contributed by atoms with Crippen LogP contribution in [0.4, 0.5) is 11.5 Å². The topological polar surface area (TPSA) is 68.1 Å². The van der Waals surface area contributed by atoms with Crippen molar-refractivity contribution in [2.75, 3.05) is 17.6 Å². The van der Waals surface area contributed by atoms with Crippen LogP contribution in [0.25, 0.3) is 0 Å². The fourth-order valence-electron chi connectivity index (χ4n) is 1.48. The highest BCUT2D eigenvalue weighted by Gasteiger charge is 2.16. The van der Waals surface area contributed by atoms with E-state index in [2.05, 4.69) is 17.2 Å². The molecule has 0 fully saturated rings. The molecule has 0 aliphatic carbocycles. The minimum Gasteiger partial charge on any atom is -0.370 e. The predicted molar refractivity (Wildman–Crippen MR) is 75.3 cm³/mol. The maximum absolute atomic E-state index is 10.9. The molecule has 0 amide bonds. The van der Waals surface area contributed by atoms with Gasteiger partial charge in [-0.05, 0) is 25.2 Å². The third-order valence-electron chi connectivity index (χ3n) is 2.38. The van der Waals surface area contributed by atoms with E-state index in [1.165, 1.54) is 17.8 Å². The van der Waals surface area contributed by atoms with Gasteiger partial charge in [-0.15, -0.1) is 0 Å². The van der Waals surface area contributed by atoms with E-state index >= 15 is 0 Å². The van der Waals surface area contributed by atoms with Crippen molar-refractivity contribution < 1.29 is 4.92 Å². The first-order chi connectivity index (χ1) is 8.69. The highest BCUT2D eigenvalue weighted by molar-refractivity contribution is 7.99. The standard InChI is InChI=1S/C12H19N3O2S/c1-3-5-6-9-18-12-10(15(16)17)7-8-11(14-12)13-4-2/h7-8H,3-6,9H2,1-2H3,(H,13,14). The number of thioether (sulfide) groups is 1. The zero-order valence-corrected chi connectivity index (χ0v) is 11.6. The SMILES string of the molecule is CCCCCSc1nc(NCC)ccc1[N+](=O)[O-]. The van der Waals surface area contributed by atoms with Crippen molar-refractivity contribution in [2.45, 2.75) is 38.1 Å². The van der Waals surface area contributed by atoms with E-state index < -0.39 is 0 Å². The van der Waals surface area contributed by atoms with Gasteiger partial charge >= 0.3 is 5.69 Å². The van der Waals surface area contributed by atoms with Crippen LogP contribution in [0, 0.1) is 10.1 Å². The lowest BCUT2D eigenvalue weighted by molar-refractivity contribution is -0.388. The molecule has 100 valence electrons. The third-order valence-corrected chi connectivity index (χ3v) is 3.45. The fraction of sp³-hybridized carbons (Fsp3) is 0.583. The molecule has 0 saturated heterocycles. The van der Waals surface area contributed by atoms with Gasteiger partial charge in [0.1, 0.15) is 5.82 Å². The Morgan fingerprint density at radius 1 is 1.39 bits per heavy atom. The Hall–Kier alpha value is -1.30. The zero-order valence-electron chi connectivity index (χ0n) is 10.8. The Balaban J connectivity index is 2.76. The van der Waals surface area contributed by atoms with Crippen LogP contribution in [0.3, 0.4) is 0 Å². The lowest BCUT2D eigenvalue weighted by Crippen LogP contribution is -2.02. The molecule has 5 nitrogen and oxygen atoms in total. The quantitative estimate of drug-likeness (QED) is 0.337. The molecule has 0 atom stereocenters. The summed E-state index contributed by atoms with van der Waals surface area (Å²) in [6.07, 6.45) is 3.35. The number of nitrogens with zero attached hydrogens (tertiary/aromatic N) is 2. The summed E-state index contributed by atoms with van der Waals surface area (Å²) < 4.78 is 0. The van der Waals surface area contributed by atoms with Crippen LogP contribution in [0.5, 0.6) is 0 Å². The molecule has 0 aliphatic heterocycles. The second-order valence-corrected chi connectivity index (χ2v) is 4.95. The summed E-state index contributed by atoms with van der Waals surface area (Å²) >= 11 is 1.46. The molecule has 1 rings (SSSR count). The number of rotatable bonds is 8. The number of anilines is 1. The second-order valence-electron chi connectivity index (χ2n) is 3.86. The first-order valence-corrected chi connectivity index (χ1v) is 7.19. The average Bonchev–Trinajstić information content (AvgIpc) is 2.35. The monoisotopic (exact) mass is 269 g/mol.